The highest BCUT2D eigenvalue weighted by Gasteiger charge is 2.21. The molecule has 0 aromatic heterocycles. The molecule has 2 nitrogen and oxygen atoms in total. The topological polar surface area (TPSA) is 18.5 Å². The molecule has 0 atom stereocenters. The molecule has 28 heavy (non-hydrogen) atoms. The maximum Gasteiger partial charge on any atom is 0.193 e. The highest BCUT2D eigenvalue weighted by molar-refractivity contribution is 5.22. The van der Waals surface area contributed by atoms with Crippen LogP contribution in [-0.4, -0.2) is 13.2 Å². The van der Waals surface area contributed by atoms with E-state index in [0.29, 0.717) is 36.9 Å². The minimum atomic E-state index is -0.993. The molecule has 0 saturated heterocycles. The number of allylic oxidation sites excluding steroid dienone is 5. The van der Waals surface area contributed by atoms with Gasteiger partial charge in [-0.3, -0.25) is 0 Å². The van der Waals surface area contributed by atoms with E-state index in [1.165, 1.54) is 25.2 Å². The van der Waals surface area contributed by atoms with Gasteiger partial charge in [0.05, 0.1) is 19.5 Å². The maximum atomic E-state index is 13.7. The molecule has 2 saturated carbocycles. The lowest BCUT2D eigenvalue weighted by atomic mass is 9.82. The summed E-state index contributed by atoms with van der Waals surface area (Å²) < 4.78 is 37.5. The van der Waals surface area contributed by atoms with Gasteiger partial charge in [-0.15, -0.1) is 13.2 Å². The quantitative estimate of drug-likeness (QED) is 0.223. The van der Waals surface area contributed by atoms with Crippen LogP contribution in [0.2, 0.25) is 0 Å². The van der Waals surface area contributed by atoms with Crippen LogP contribution < -0.4 is 0 Å². The van der Waals surface area contributed by atoms with Crippen molar-refractivity contribution in [3.05, 3.63) is 61.6 Å². The van der Waals surface area contributed by atoms with Crippen molar-refractivity contribution < 1.29 is 18.3 Å². The van der Waals surface area contributed by atoms with Gasteiger partial charge >= 0.3 is 0 Å². The SMILES string of the molecule is C=CC1CCC(CO/C=C/C=C(OCC2CCC(C=C)CC2)\C(F)=C\F)CC1. The van der Waals surface area contributed by atoms with Crippen LogP contribution in [0.4, 0.5) is 8.78 Å². The number of rotatable bonds is 10. The van der Waals surface area contributed by atoms with E-state index in [4.69, 9.17) is 9.47 Å². The molecule has 0 aromatic rings. The van der Waals surface area contributed by atoms with Crippen molar-refractivity contribution >= 4 is 0 Å². The molecule has 2 aliphatic carbocycles. The average molecular weight is 393 g/mol. The molecule has 0 aliphatic heterocycles. The third-order valence-electron chi connectivity index (χ3n) is 6.01. The predicted octanol–water partition coefficient (Wildman–Crippen LogP) is 7.18. The van der Waals surface area contributed by atoms with Crippen LogP contribution in [0.25, 0.3) is 0 Å². The Morgan fingerprint density at radius 3 is 1.89 bits per heavy atom. The van der Waals surface area contributed by atoms with Crippen molar-refractivity contribution in [1.29, 1.82) is 0 Å². The highest BCUT2D eigenvalue weighted by Crippen LogP contribution is 2.31. The summed E-state index contributed by atoms with van der Waals surface area (Å²) in [6.07, 6.45) is 17.3. The molecular weight excluding hydrogens is 358 g/mol. The van der Waals surface area contributed by atoms with Crippen LogP contribution in [0.1, 0.15) is 51.4 Å². The average Bonchev–Trinajstić information content (AvgIpc) is 2.75. The van der Waals surface area contributed by atoms with Gasteiger partial charge in [0.25, 0.3) is 0 Å². The van der Waals surface area contributed by atoms with Gasteiger partial charge in [0.1, 0.15) is 6.33 Å². The Kier molecular flexibility index (Phi) is 10.1. The summed E-state index contributed by atoms with van der Waals surface area (Å²) in [6, 6.07) is 0. The van der Waals surface area contributed by atoms with E-state index >= 15 is 0 Å². The van der Waals surface area contributed by atoms with E-state index in [0.717, 1.165) is 38.5 Å². The zero-order valence-corrected chi connectivity index (χ0v) is 16.8. The number of halogens is 2. The second kappa shape index (κ2) is 12.6. The van der Waals surface area contributed by atoms with Crippen molar-refractivity contribution in [2.45, 2.75) is 51.4 Å². The Morgan fingerprint density at radius 1 is 0.857 bits per heavy atom. The zero-order valence-electron chi connectivity index (χ0n) is 16.8. The molecule has 0 amide bonds. The van der Waals surface area contributed by atoms with Crippen molar-refractivity contribution in [2.75, 3.05) is 13.2 Å². The standard InChI is InChI=1S/C24H34F2O2/c1-3-19-7-11-21(12-8-19)17-27-15-5-6-24(23(26)16-25)28-18-22-13-9-20(4-2)10-14-22/h3-6,15-16,19-22H,1-2,7-14,17-18H2/b15-5+,23-16-,24-6+. The molecule has 0 unspecified atom stereocenters. The first-order valence-corrected chi connectivity index (χ1v) is 10.5. The van der Waals surface area contributed by atoms with Crippen molar-refractivity contribution in [3.8, 4) is 0 Å². The fourth-order valence-electron chi connectivity index (χ4n) is 4.01. The lowest BCUT2D eigenvalue weighted by Gasteiger charge is -2.26. The van der Waals surface area contributed by atoms with Crippen LogP contribution in [0, 0.1) is 23.7 Å². The summed E-state index contributed by atoms with van der Waals surface area (Å²) >= 11 is 0. The van der Waals surface area contributed by atoms with Gasteiger partial charge in [-0.05, 0) is 87.2 Å². The zero-order chi connectivity index (χ0) is 20.2. The van der Waals surface area contributed by atoms with Gasteiger partial charge in [0.2, 0.25) is 0 Å². The lowest BCUT2D eigenvalue weighted by Crippen LogP contribution is -2.17. The monoisotopic (exact) mass is 392 g/mol. The third kappa shape index (κ3) is 7.65. The number of ether oxygens (including phenoxy) is 2. The van der Waals surface area contributed by atoms with E-state index in [-0.39, 0.29) is 12.1 Å². The molecule has 0 radical (unpaired) electrons. The van der Waals surface area contributed by atoms with Crippen molar-refractivity contribution in [1.82, 2.24) is 0 Å². The minimum Gasteiger partial charge on any atom is -0.501 e. The summed E-state index contributed by atoms with van der Waals surface area (Å²) in [5, 5.41) is 0. The molecule has 4 heteroatoms. The van der Waals surface area contributed by atoms with Gasteiger partial charge in [0, 0.05) is 0 Å². The Balaban J connectivity index is 1.74. The molecule has 0 bridgehead atoms. The number of hydrogen-bond acceptors (Lipinski definition) is 2. The Hall–Kier alpha value is -1.84. The Morgan fingerprint density at radius 2 is 1.39 bits per heavy atom. The molecule has 2 fully saturated rings. The summed E-state index contributed by atoms with van der Waals surface area (Å²) in [5.41, 5.74) is 0. The van der Waals surface area contributed by atoms with Gasteiger partial charge < -0.3 is 9.47 Å². The first-order valence-electron chi connectivity index (χ1n) is 10.5. The first kappa shape index (κ1) is 22.4. The van der Waals surface area contributed by atoms with E-state index in [2.05, 4.69) is 13.2 Å². The molecule has 0 heterocycles. The molecule has 0 spiro atoms. The Labute approximate surface area is 168 Å². The van der Waals surface area contributed by atoms with Gasteiger partial charge in [-0.2, -0.15) is 0 Å². The minimum absolute atomic E-state index is 0.0623. The van der Waals surface area contributed by atoms with E-state index in [1.807, 2.05) is 12.2 Å². The summed E-state index contributed by atoms with van der Waals surface area (Å²) in [6.45, 7) is 8.75. The normalized spacial score (nSPS) is 29.5. The second-order valence-corrected chi connectivity index (χ2v) is 7.99. The molecule has 156 valence electrons. The number of hydrogen-bond donors (Lipinski definition) is 0. The van der Waals surface area contributed by atoms with Crippen LogP contribution in [0.3, 0.4) is 0 Å². The predicted molar refractivity (Wildman–Crippen MR) is 111 cm³/mol. The van der Waals surface area contributed by atoms with E-state index < -0.39 is 5.83 Å². The summed E-state index contributed by atoms with van der Waals surface area (Å²) in [5.74, 6) is 1.05. The van der Waals surface area contributed by atoms with Gasteiger partial charge in [0.15, 0.2) is 11.6 Å². The molecule has 2 aliphatic rings. The van der Waals surface area contributed by atoms with Gasteiger partial charge in [-0.1, -0.05) is 12.2 Å². The molecule has 0 N–H and O–H groups in total. The Bertz CT molecular complexity index is 563. The largest absolute Gasteiger partial charge is 0.501 e. The van der Waals surface area contributed by atoms with Crippen LogP contribution in [-0.2, 0) is 9.47 Å². The van der Waals surface area contributed by atoms with Gasteiger partial charge in [-0.25, -0.2) is 8.78 Å². The maximum absolute atomic E-state index is 13.7. The van der Waals surface area contributed by atoms with Crippen LogP contribution in [0.15, 0.2) is 61.6 Å². The molecular formula is C24H34F2O2. The lowest BCUT2D eigenvalue weighted by molar-refractivity contribution is 0.133. The second-order valence-electron chi connectivity index (χ2n) is 7.99. The van der Waals surface area contributed by atoms with Crippen molar-refractivity contribution in [3.63, 3.8) is 0 Å². The fraction of sp³-hybridized carbons (Fsp3) is 0.583. The highest BCUT2D eigenvalue weighted by atomic mass is 19.2. The fourth-order valence-corrected chi connectivity index (χ4v) is 4.01. The first-order chi connectivity index (χ1) is 13.7. The smallest absolute Gasteiger partial charge is 0.193 e. The van der Waals surface area contributed by atoms with Crippen LogP contribution in [0.5, 0.6) is 0 Å². The summed E-state index contributed by atoms with van der Waals surface area (Å²) in [7, 11) is 0. The van der Waals surface area contributed by atoms with Crippen molar-refractivity contribution in [2.24, 2.45) is 23.7 Å². The van der Waals surface area contributed by atoms with Crippen LogP contribution >= 0.6 is 0 Å². The van der Waals surface area contributed by atoms with E-state index in [9.17, 15) is 8.78 Å². The molecule has 2 rings (SSSR count). The van der Waals surface area contributed by atoms with E-state index in [1.54, 1.807) is 6.08 Å². The summed E-state index contributed by atoms with van der Waals surface area (Å²) in [4.78, 5) is 0. The molecule has 0 aromatic carbocycles. The third-order valence-corrected chi connectivity index (χ3v) is 6.01.